The Labute approximate surface area is 118 Å². The van der Waals surface area contributed by atoms with Crippen LogP contribution in [0.1, 0.15) is 52.9 Å². The molecule has 0 aromatic rings. The minimum atomic E-state index is 0.495. The Bertz CT molecular complexity index is 232. The highest BCUT2D eigenvalue weighted by atomic mass is 32.2. The van der Waals surface area contributed by atoms with Crippen LogP contribution in [0.5, 0.6) is 0 Å². The average molecular weight is 269 g/mol. The number of nitrogens with one attached hydrogen (secondary N) is 1. The van der Waals surface area contributed by atoms with Crippen molar-refractivity contribution >= 4 is 11.8 Å². The van der Waals surface area contributed by atoms with Crippen LogP contribution in [-0.4, -0.2) is 24.1 Å². The summed E-state index contributed by atoms with van der Waals surface area (Å²) >= 11 is 1.97. The van der Waals surface area contributed by atoms with E-state index in [-0.39, 0.29) is 0 Å². The lowest BCUT2D eigenvalue weighted by molar-refractivity contribution is 0.213. The molecule has 0 amide bonds. The van der Waals surface area contributed by atoms with Gasteiger partial charge in [-0.1, -0.05) is 33.3 Å². The predicted octanol–water partition coefficient (Wildman–Crippen LogP) is 4.49. The van der Waals surface area contributed by atoms with Gasteiger partial charge in [0.05, 0.1) is 0 Å². The zero-order chi connectivity index (χ0) is 13.4. The van der Waals surface area contributed by atoms with E-state index in [9.17, 15) is 0 Å². The molecular formula is C16H31NS. The van der Waals surface area contributed by atoms with E-state index in [0.29, 0.717) is 5.41 Å². The third-order valence-corrected chi connectivity index (χ3v) is 5.07. The molecule has 0 radical (unpaired) electrons. The Hall–Kier alpha value is 0.0500. The third-order valence-electron chi connectivity index (χ3n) is 4.11. The first-order valence-electron chi connectivity index (χ1n) is 7.46. The van der Waals surface area contributed by atoms with Crippen molar-refractivity contribution in [1.29, 1.82) is 0 Å². The summed E-state index contributed by atoms with van der Waals surface area (Å²) in [5.41, 5.74) is 0.495. The number of hydrogen-bond acceptors (Lipinski definition) is 2. The van der Waals surface area contributed by atoms with Crippen molar-refractivity contribution in [2.75, 3.05) is 18.1 Å². The van der Waals surface area contributed by atoms with Gasteiger partial charge < -0.3 is 5.32 Å². The van der Waals surface area contributed by atoms with Crippen molar-refractivity contribution in [3.8, 4) is 0 Å². The zero-order valence-corrected chi connectivity index (χ0v) is 13.3. The molecule has 1 fully saturated rings. The maximum absolute atomic E-state index is 3.75. The van der Waals surface area contributed by atoms with Crippen molar-refractivity contribution in [3.05, 3.63) is 12.7 Å². The Balaban J connectivity index is 2.19. The number of rotatable bonds is 6. The zero-order valence-electron chi connectivity index (χ0n) is 12.5. The van der Waals surface area contributed by atoms with Gasteiger partial charge in [-0.2, -0.15) is 11.8 Å². The quantitative estimate of drug-likeness (QED) is 0.433. The van der Waals surface area contributed by atoms with Gasteiger partial charge in [0, 0.05) is 24.1 Å². The first kappa shape index (κ1) is 16.1. The minimum Gasteiger partial charge on any atom is -0.313 e. The molecule has 0 aromatic heterocycles. The van der Waals surface area contributed by atoms with Crippen LogP contribution in [0.2, 0.25) is 0 Å². The predicted molar refractivity (Wildman–Crippen MR) is 85.3 cm³/mol. The topological polar surface area (TPSA) is 12.0 Å². The molecule has 1 saturated carbocycles. The van der Waals surface area contributed by atoms with Gasteiger partial charge in [0.2, 0.25) is 0 Å². The van der Waals surface area contributed by atoms with E-state index in [0.717, 1.165) is 24.3 Å². The molecule has 1 rings (SSSR count). The van der Waals surface area contributed by atoms with Crippen molar-refractivity contribution in [1.82, 2.24) is 5.32 Å². The summed E-state index contributed by atoms with van der Waals surface area (Å²) in [5, 5.41) is 3.74. The normalized spacial score (nSPS) is 25.7. The molecule has 0 bridgehead atoms. The second-order valence-electron chi connectivity index (χ2n) is 6.59. The molecule has 18 heavy (non-hydrogen) atoms. The van der Waals surface area contributed by atoms with Crippen LogP contribution < -0.4 is 5.32 Å². The molecule has 2 atom stereocenters. The number of thioether (sulfide) groups is 1. The lowest BCUT2D eigenvalue weighted by Crippen LogP contribution is -2.30. The van der Waals surface area contributed by atoms with Crippen LogP contribution in [0.15, 0.2) is 12.7 Å². The Morgan fingerprint density at radius 3 is 2.67 bits per heavy atom. The molecular weight excluding hydrogens is 238 g/mol. The highest BCUT2D eigenvalue weighted by molar-refractivity contribution is 7.99. The highest BCUT2D eigenvalue weighted by Gasteiger charge is 2.27. The summed E-state index contributed by atoms with van der Waals surface area (Å²) in [6, 6.07) is 0.765. The lowest BCUT2D eigenvalue weighted by atomic mass is 9.76. The SMILES string of the molecule is C=CCSCCNC1CCCC(C(C)(C)C)CC1. The molecule has 1 aliphatic rings. The standard InChI is InChI=1S/C16H31NS/c1-5-12-18-13-11-17-15-8-6-7-14(9-10-15)16(2,3)4/h5,14-15,17H,1,6-13H2,2-4H3. The molecule has 0 saturated heterocycles. The molecule has 1 nitrogen and oxygen atoms in total. The number of hydrogen-bond donors (Lipinski definition) is 1. The fourth-order valence-electron chi connectivity index (χ4n) is 2.87. The van der Waals surface area contributed by atoms with E-state index in [2.05, 4.69) is 32.7 Å². The first-order chi connectivity index (χ1) is 8.54. The van der Waals surface area contributed by atoms with E-state index in [1.54, 1.807) is 0 Å². The Morgan fingerprint density at radius 2 is 2.00 bits per heavy atom. The van der Waals surface area contributed by atoms with Gasteiger partial charge in [-0.05, 0) is 37.0 Å². The van der Waals surface area contributed by atoms with Crippen molar-refractivity contribution in [2.45, 2.75) is 58.9 Å². The van der Waals surface area contributed by atoms with Gasteiger partial charge in [-0.25, -0.2) is 0 Å². The molecule has 2 unspecified atom stereocenters. The second kappa shape index (κ2) is 8.27. The second-order valence-corrected chi connectivity index (χ2v) is 7.74. The molecule has 2 heteroatoms. The van der Waals surface area contributed by atoms with Gasteiger partial charge in [0.1, 0.15) is 0 Å². The fourth-order valence-corrected chi connectivity index (χ4v) is 3.47. The van der Waals surface area contributed by atoms with Crippen LogP contribution in [0.3, 0.4) is 0 Å². The Morgan fingerprint density at radius 1 is 1.22 bits per heavy atom. The van der Waals surface area contributed by atoms with Crippen molar-refractivity contribution in [3.63, 3.8) is 0 Å². The smallest absolute Gasteiger partial charge is 0.0111 e. The minimum absolute atomic E-state index is 0.495. The van der Waals surface area contributed by atoms with E-state index in [1.165, 1.54) is 37.9 Å². The van der Waals surface area contributed by atoms with Crippen LogP contribution in [0.4, 0.5) is 0 Å². The first-order valence-corrected chi connectivity index (χ1v) is 8.61. The average Bonchev–Trinajstić information content (AvgIpc) is 2.53. The maximum Gasteiger partial charge on any atom is 0.0111 e. The fraction of sp³-hybridized carbons (Fsp3) is 0.875. The summed E-state index contributed by atoms with van der Waals surface area (Å²) in [6.07, 6.45) is 8.96. The van der Waals surface area contributed by atoms with Crippen LogP contribution in [0.25, 0.3) is 0 Å². The summed E-state index contributed by atoms with van der Waals surface area (Å²) in [6.45, 7) is 12.1. The molecule has 0 aromatic carbocycles. The molecule has 0 heterocycles. The molecule has 1 aliphatic carbocycles. The molecule has 0 spiro atoms. The van der Waals surface area contributed by atoms with E-state index < -0.39 is 0 Å². The van der Waals surface area contributed by atoms with Gasteiger partial charge in [0.15, 0.2) is 0 Å². The van der Waals surface area contributed by atoms with Crippen LogP contribution in [-0.2, 0) is 0 Å². The summed E-state index contributed by atoms with van der Waals surface area (Å²) in [7, 11) is 0. The van der Waals surface area contributed by atoms with Crippen molar-refractivity contribution in [2.24, 2.45) is 11.3 Å². The van der Waals surface area contributed by atoms with E-state index in [1.807, 2.05) is 17.8 Å². The summed E-state index contributed by atoms with van der Waals surface area (Å²) in [5.74, 6) is 3.21. The van der Waals surface area contributed by atoms with Crippen LogP contribution in [0, 0.1) is 11.3 Å². The van der Waals surface area contributed by atoms with Crippen LogP contribution >= 0.6 is 11.8 Å². The molecule has 106 valence electrons. The summed E-state index contributed by atoms with van der Waals surface area (Å²) < 4.78 is 0. The van der Waals surface area contributed by atoms with Gasteiger partial charge in [-0.15, -0.1) is 6.58 Å². The van der Waals surface area contributed by atoms with E-state index in [4.69, 9.17) is 0 Å². The largest absolute Gasteiger partial charge is 0.313 e. The highest BCUT2D eigenvalue weighted by Crippen LogP contribution is 2.36. The monoisotopic (exact) mass is 269 g/mol. The lowest BCUT2D eigenvalue weighted by Gasteiger charge is -2.29. The maximum atomic E-state index is 3.75. The van der Waals surface area contributed by atoms with E-state index >= 15 is 0 Å². The molecule has 0 aliphatic heterocycles. The third kappa shape index (κ3) is 6.29. The van der Waals surface area contributed by atoms with Gasteiger partial charge >= 0.3 is 0 Å². The summed E-state index contributed by atoms with van der Waals surface area (Å²) in [4.78, 5) is 0. The Kier molecular flexibility index (Phi) is 7.40. The molecule has 1 N–H and O–H groups in total. The van der Waals surface area contributed by atoms with Gasteiger partial charge in [-0.3, -0.25) is 0 Å². The van der Waals surface area contributed by atoms with Crippen molar-refractivity contribution < 1.29 is 0 Å². The van der Waals surface area contributed by atoms with Gasteiger partial charge in [0.25, 0.3) is 0 Å².